The second kappa shape index (κ2) is 8.23. The van der Waals surface area contributed by atoms with Crippen molar-refractivity contribution in [3.63, 3.8) is 0 Å². The third-order valence-corrected chi connectivity index (χ3v) is 3.49. The number of hydrogen-bond acceptors (Lipinski definition) is 3. The van der Waals surface area contributed by atoms with Gasteiger partial charge >= 0.3 is 0 Å². The van der Waals surface area contributed by atoms with Crippen LogP contribution in [-0.2, 0) is 11.3 Å². The van der Waals surface area contributed by atoms with Gasteiger partial charge in [0.1, 0.15) is 11.6 Å². The zero-order valence-electron chi connectivity index (χ0n) is 12.0. The molecule has 2 aromatic carbocycles. The van der Waals surface area contributed by atoms with Crippen molar-refractivity contribution in [1.82, 2.24) is 5.32 Å². The summed E-state index contributed by atoms with van der Waals surface area (Å²) in [6, 6.07) is 16.2. The van der Waals surface area contributed by atoms with Crippen molar-refractivity contribution in [1.29, 1.82) is 5.26 Å². The van der Waals surface area contributed by atoms with E-state index in [4.69, 9.17) is 28.5 Å². The molecule has 0 atom stereocenters. The zero-order valence-corrected chi connectivity index (χ0v) is 13.5. The molecule has 2 N–H and O–H groups in total. The SMILES string of the molecule is N#C/C(=C/NCc1ccccc1)C(=O)Nc1ccc(Cl)cc1Cl. The highest BCUT2D eigenvalue weighted by Gasteiger charge is 2.11. The summed E-state index contributed by atoms with van der Waals surface area (Å²) in [5.74, 6) is -0.544. The van der Waals surface area contributed by atoms with Gasteiger partial charge in [0.15, 0.2) is 0 Å². The van der Waals surface area contributed by atoms with E-state index < -0.39 is 5.91 Å². The molecule has 2 aromatic rings. The number of hydrogen-bond donors (Lipinski definition) is 2. The number of amides is 1. The van der Waals surface area contributed by atoms with Gasteiger partial charge in [-0.1, -0.05) is 53.5 Å². The minimum absolute atomic E-state index is 0.0491. The van der Waals surface area contributed by atoms with Crippen molar-refractivity contribution < 1.29 is 4.79 Å². The Morgan fingerprint density at radius 2 is 1.91 bits per heavy atom. The lowest BCUT2D eigenvalue weighted by atomic mass is 10.2. The molecule has 1 amide bonds. The second-order valence-electron chi connectivity index (χ2n) is 4.61. The highest BCUT2D eigenvalue weighted by atomic mass is 35.5. The summed E-state index contributed by atoms with van der Waals surface area (Å²) in [4.78, 5) is 12.1. The third-order valence-electron chi connectivity index (χ3n) is 2.94. The zero-order chi connectivity index (χ0) is 16.7. The van der Waals surface area contributed by atoms with Gasteiger partial charge in [-0.15, -0.1) is 0 Å². The number of carbonyl (C=O) groups is 1. The van der Waals surface area contributed by atoms with Crippen LogP contribution < -0.4 is 10.6 Å². The number of carbonyl (C=O) groups excluding carboxylic acids is 1. The van der Waals surface area contributed by atoms with E-state index in [9.17, 15) is 4.79 Å². The van der Waals surface area contributed by atoms with E-state index in [1.165, 1.54) is 12.3 Å². The number of nitriles is 1. The Bertz CT molecular complexity index is 767. The van der Waals surface area contributed by atoms with Crippen LogP contribution >= 0.6 is 23.2 Å². The van der Waals surface area contributed by atoms with E-state index in [-0.39, 0.29) is 5.57 Å². The Balaban J connectivity index is 2.00. The second-order valence-corrected chi connectivity index (χ2v) is 5.46. The third kappa shape index (κ3) is 5.03. The molecule has 116 valence electrons. The van der Waals surface area contributed by atoms with Crippen molar-refractivity contribution in [2.75, 3.05) is 5.32 Å². The van der Waals surface area contributed by atoms with Crippen molar-refractivity contribution in [2.24, 2.45) is 0 Å². The average molecular weight is 346 g/mol. The molecule has 0 aromatic heterocycles. The highest BCUT2D eigenvalue weighted by Crippen LogP contribution is 2.25. The van der Waals surface area contributed by atoms with Gasteiger partial charge in [-0.25, -0.2) is 0 Å². The van der Waals surface area contributed by atoms with Crippen molar-refractivity contribution in [3.8, 4) is 6.07 Å². The molecule has 0 fully saturated rings. The summed E-state index contributed by atoms with van der Waals surface area (Å²) in [5.41, 5.74) is 1.39. The van der Waals surface area contributed by atoms with Crippen LogP contribution in [0, 0.1) is 11.3 Å². The van der Waals surface area contributed by atoms with E-state index in [1.54, 1.807) is 12.1 Å². The fraction of sp³-hybridized carbons (Fsp3) is 0.0588. The fourth-order valence-electron chi connectivity index (χ4n) is 1.80. The summed E-state index contributed by atoms with van der Waals surface area (Å²) in [6.45, 7) is 0.515. The summed E-state index contributed by atoms with van der Waals surface area (Å²) in [6.07, 6.45) is 1.38. The maximum Gasteiger partial charge on any atom is 0.267 e. The first kappa shape index (κ1) is 16.9. The standard InChI is InChI=1S/C17H13Cl2N3O/c18-14-6-7-16(15(19)8-14)22-17(23)13(9-20)11-21-10-12-4-2-1-3-5-12/h1-8,11,21H,10H2,(H,22,23)/b13-11-. The van der Waals surface area contributed by atoms with Crippen LogP contribution in [0.15, 0.2) is 60.3 Å². The lowest BCUT2D eigenvalue weighted by molar-refractivity contribution is -0.112. The Morgan fingerprint density at radius 1 is 1.17 bits per heavy atom. The van der Waals surface area contributed by atoms with E-state index in [0.29, 0.717) is 22.3 Å². The number of nitrogens with zero attached hydrogens (tertiary/aromatic N) is 1. The maximum absolute atomic E-state index is 12.1. The molecule has 0 saturated carbocycles. The Hall–Kier alpha value is -2.48. The van der Waals surface area contributed by atoms with E-state index in [0.717, 1.165) is 5.56 Å². The molecule has 0 saturated heterocycles. The monoisotopic (exact) mass is 345 g/mol. The summed E-state index contributed by atoms with van der Waals surface area (Å²) in [7, 11) is 0. The van der Waals surface area contributed by atoms with Gasteiger partial charge in [0.05, 0.1) is 10.7 Å². The van der Waals surface area contributed by atoms with Gasteiger partial charge in [0, 0.05) is 17.8 Å². The van der Waals surface area contributed by atoms with Crippen molar-refractivity contribution in [3.05, 3.63) is 75.9 Å². The van der Waals surface area contributed by atoms with Crippen LogP contribution in [0.2, 0.25) is 10.0 Å². The Morgan fingerprint density at radius 3 is 2.57 bits per heavy atom. The van der Waals surface area contributed by atoms with Crippen LogP contribution in [0.25, 0.3) is 0 Å². The average Bonchev–Trinajstić information content (AvgIpc) is 2.55. The predicted molar refractivity (Wildman–Crippen MR) is 92.1 cm³/mol. The van der Waals surface area contributed by atoms with Crippen molar-refractivity contribution >= 4 is 34.8 Å². The molecule has 0 radical (unpaired) electrons. The van der Waals surface area contributed by atoms with Gasteiger partial charge in [0.2, 0.25) is 0 Å². The molecule has 0 aliphatic carbocycles. The van der Waals surface area contributed by atoms with Gasteiger partial charge in [0.25, 0.3) is 5.91 Å². The lowest BCUT2D eigenvalue weighted by Crippen LogP contribution is -2.16. The molecule has 23 heavy (non-hydrogen) atoms. The Labute approximate surface area is 144 Å². The molecule has 0 unspecified atom stereocenters. The van der Waals surface area contributed by atoms with Crippen LogP contribution in [0.1, 0.15) is 5.56 Å². The van der Waals surface area contributed by atoms with Crippen molar-refractivity contribution in [2.45, 2.75) is 6.54 Å². The van der Waals surface area contributed by atoms with Crippen LogP contribution in [0.4, 0.5) is 5.69 Å². The van der Waals surface area contributed by atoms with Gasteiger partial charge in [-0.2, -0.15) is 5.26 Å². The quantitative estimate of drug-likeness (QED) is 0.632. The van der Waals surface area contributed by atoms with E-state index in [1.807, 2.05) is 36.4 Å². The fourth-order valence-corrected chi connectivity index (χ4v) is 2.25. The highest BCUT2D eigenvalue weighted by molar-refractivity contribution is 6.36. The smallest absolute Gasteiger partial charge is 0.267 e. The number of benzene rings is 2. The first-order chi connectivity index (χ1) is 11.1. The number of halogens is 2. The Kier molecular flexibility index (Phi) is 6.04. The topological polar surface area (TPSA) is 64.9 Å². The normalized spacial score (nSPS) is 10.7. The molecular weight excluding hydrogens is 333 g/mol. The van der Waals surface area contributed by atoms with Crippen LogP contribution in [-0.4, -0.2) is 5.91 Å². The molecule has 0 aliphatic rings. The number of anilines is 1. The first-order valence-electron chi connectivity index (χ1n) is 6.74. The minimum Gasteiger partial charge on any atom is -0.386 e. The van der Waals surface area contributed by atoms with Gasteiger partial charge < -0.3 is 10.6 Å². The molecule has 0 aliphatic heterocycles. The predicted octanol–water partition coefficient (Wildman–Crippen LogP) is 4.13. The minimum atomic E-state index is -0.544. The molecule has 0 bridgehead atoms. The molecular formula is C17H13Cl2N3O. The molecule has 0 heterocycles. The summed E-state index contributed by atoms with van der Waals surface area (Å²) >= 11 is 11.8. The van der Waals surface area contributed by atoms with Gasteiger partial charge in [-0.3, -0.25) is 4.79 Å². The van der Waals surface area contributed by atoms with E-state index in [2.05, 4.69) is 10.6 Å². The molecule has 2 rings (SSSR count). The molecule has 0 spiro atoms. The van der Waals surface area contributed by atoms with E-state index >= 15 is 0 Å². The van der Waals surface area contributed by atoms with Crippen LogP contribution in [0.3, 0.4) is 0 Å². The summed E-state index contributed by atoms with van der Waals surface area (Å²) < 4.78 is 0. The maximum atomic E-state index is 12.1. The molecule has 4 nitrogen and oxygen atoms in total. The number of rotatable bonds is 5. The first-order valence-corrected chi connectivity index (χ1v) is 7.49. The summed E-state index contributed by atoms with van der Waals surface area (Å²) in [5, 5.41) is 15.4. The largest absolute Gasteiger partial charge is 0.386 e. The van der Waals surface area contributed by atoms with Crippen LogP contribution in [0.5, 0.6) is 0 Å². The molecule has 6 heteroatoms. The number of nitrogens with one attached hydrogen (secondary N) is 2. The van der Waals surface area contributed by atoms with Gasteiger partial charge in [-0.05, 0) is 23.8 Å². The lowest BCUT2D eigenvalue weighted by Gasteiger charge is -2.07.